The van der Waals surface area contributed by atoms with E-state index >= 15 is 0 Å². The summed E-state index contributed by atoms with van der Waals surface area (Å²) >= 11 is 0. The van der Waals surface area contributed by atoms with Crippen molar-refractivity contribution in [2.75, 3.05) is 0 Å². The van der Waals surface area contributed by atoms with Crippen LogP contribution in [-0.4, -0.2) is 33.2 Å². The fourth-order valence-electron chi connectivity index (χ4n) is 6.73. The second kappa shape index (κ2) is 5.56. The van der Waals surface area contributed by atoms with Gasteiger partial charge in [0.25, 0.3) is 0 Å². The van der Waals surface area contributed by atoms with Gasteiger partial charge < -0.3 is 15.3 Å². The quantitative estimate of drug-likeness (QED) is 0.613. The van der Waals surface area contributed by atoms with Crippen LogP contribution in [0.1, 0.15) is 53.9 Å². The van der Waals surface area contributed by atoms with Crippen molar-refractivity contribution >= 4 is 0 Å². The van der Waals surface area contributed by atoms with Crippen LogP contribution in [0.15, 0.2) is 24.0 Å². The molecule has 0 aromatic carbocycles. The molecule has 3 saturated carbocycles. The van der Waals surface area contributed by atoms with Gasteiger partial charge in [0.2, 0.25) is 0 Å². The number of hydrogen-bond donors (Lipinski definition) is 3. The van der Waals surface area contributed by atoms with Crippen LogP contribution in [0.2, 0.25) is 0 Å². The fraction of sp³-hybridized carbons (Fsp3) is 0.810. The van der Waals surface area contributed by atoms with E-state index in [0.717, 1.165) is 12.8 Å². The monoisotopic (exact) mass is 352 g/mol. The first-order valence-electron chi connectivity index (χ1n) is 9.25. The van der Waals surface area contributed by atoms with E-state index in [4.69, 9.17) is 0 Å². The molecule has 25 heavy (non-hydrogen) atoms. The molecule has 3 N–H and O–H groups in total. The van der Waals surface area contributed by atoms with E-state index in [1.807, 2.05) is 13.0 Å². The highest BCUT2D eigenvalue weighted by Gasteiger charge is 2.66. The molecule has 0 amide bonds. The minimum absolute atomic E-state index is 0. The largest absolute Gasteiger partial charge is 0.508 e. The fourth-order valence-corrected chi connectivity index (χ4v) is 6.73. The van der Waals surface area contributed by atoms with Crippen molar-refractivity contribution < 1.29 is 19.7 Å². The third-order valence-electron chi connectivity index (χ3n) is 8.11. The molecule has 0 saturated heterocycles. The lowest BCUT2D eigenvalue weighted by atomic mass is 9.46. The molecule has 4 heteroatoms. The average molecular weight is 352 g/mol. The maximum atomic E-state index is 14.9. The minimum Gasteiger partial charge on any atom is -0.508 e. The van der Waals surface area contributed by atoms with Gasteiger partial charge in [-0.2, -0.15) is 0 Å². The molecule has 0 unspecified atom stereocenters. The Morgan fingerprint density at radius 3 is 2.52 bits per heavy atom. The highest BCUT2D eigenvalue weighted by molar-refractivity contribution is 5.28. The van der Waals surface area contributed by atoms with Gasteiger partial charge in [-0.05, 0) is 79.3 Å². The molecule has 0 aromatic rings. The second-order valence-corrected chi connectivity index (χ2v) is 9.42. The molecule has 3 fully saturated rings. The second-order valence-electron chi connectivity index (χ2n) is 9.42. The zero-order valence-corrected chi connectivity index (χ0v) is 14.7. The number of allylic oxidation sites excluding steroid dienone is 3. The van der Waals surface area contributed by atoms with Crippen LogP contribution in [0.25, 0.3) is 0 Å². The smallest absolute Gasteiger partial charge is 0.134 e. The van der Waals surface area contributed by atoms with Gasteiger partial charge in [-0.15, -0.1) is 0 Å². The molecule has 0 aliphatic heterocycles. The molecule has 142 valence electrons. The minimum atomic E-state index is -1.58. The van der Waals surface area contributed by atoms with E-state index in [9.17, 15) is 19.7 Å². The summed E-state index contributed by atoms with van der Waals surface area (Å²) in [7, 11) is 0. The normalized spacial score (nSPS) is 57.0. The summed E-state index contributed by atoms with van der Waals surface area (Å²) in [6.07, 6.45) is 6.86. The molecule has 0 spiro atoms. The lowest BCUT2D eigenvalue weighted by molar-refractivity contribution is -0.140. The van der Waals surface area contributed by atoms with Gasteiger partial charge in [-0.1, -0.05) is 27.4 Å². The first kappa shape index (κ1) is 18.9. The zero-order valence-electron chi connectivity index (χ0n) is 14.7. The maximum Gasteiger partial charge on any atom is 0.134 e. The van der Waals surface area contributed by atoms with E-state index in [-0.39, 0.29) is 42.3 Å². The van der Waals surface area contributed by atoms with Crippen molar-refractivity contribution in [3.8, 4) is 0 Å². The summed E-state index contributed by atoms with van der Waals surface area (Å²) in [6.45, 7) is 5.73. The molecule has 0 radical (unpaired) electrons. The van der Waals surface area contributed by atoms with E-state index in [1.165, 1.54) is 6.92 Å². The van der Waals surface area contributed by atoms with Gasteiger partial charge in [0, 0.05) is 0 Å². The lowest BCUT2D eigenvalue weighted by Crippen LogP contribution is -2.57. The van der Waals surface area contributed by atoms with Crippen molar-refractivity contribution in [1.82, 2.24) is 0 Å². The van der Waals surface area contributed by atoms with E-state index in [2.05, 4.69) is 13.0 Å². The topological polar surface area (TPSA) is 60.7 Å². The highest BCUT2D eigenvalue weighted by Crippen LogP contribution is 2.66. The first-order valence-corrected chi connectivity index (χ1v) is 9.25. The van der Waals surface area contributed by atoms with Gasteiger partial charge >= 0.3 is 0 Å². The lowest BCUT2D eigenvalue weighted by Gasteiger charge is -2.59. The summed E-state index contributed by atoms with van der Waals surface area (Å²) in [4.78, 5) is 0. The average Bonchev–Trinajstić information content (AvgIpc) is 2.69. The van der Waals surface area contributed by atoms with Crippen LogP contribution in [-0.2, 0) is 0 Å². The summed E-state index contributed by atoms with van der Waals surface area (Å²) in [5.74, 6) is 0.658. The van der Waals surface area contributed by atoms with Crippen LogP contribution in [0.3, 0.4) is 0 Å². The van der Waals surface area contributed by atoms with Crippen molar-refractivity contribution in [2.24, 2.45) is 34.5 Å². The number of fused-ring (bicyclic) bond motifs is 5. The van der Waals surface area contributed by atoms with Gasteiger partial charge in [0.05, 0.1) is 12.2 Å². The Hall–Kier alpha value is -0.870. The Morgan fingerprint density at radius 2 is 1.84 bits per heavy atom. The SMILES string of the molecule is C.C[C@]12C=CC(O)=C[C@@H]1C[C@H](O)[C@@H]1[C@@H]2CC[C@]2(C)[C@@H](O)[C@](C)(F)C[C@@H]12. The zero-order chi connectivity index (χ0) is 17.5. The molecular weight excluding hydrogens is 319 g/mol. The van der Waals surface area contributed by atoms with Gasteiger partial charge in [-0.25, -0.2) is 4.39 Å². The van der Waals surface area contributed by atoms with Gasteiger partial charge in [-0.3, -0.25) is 0 Å². The molecule has 4 aliphatic carbocycles. The maximum absolute atomic E-state index is 14.9. The number of aliphatic hydroxyl groups is 3. The predicted octanol–water partition coefficient (Wildman–Crippen LogP) is 4.16. The number of rotatable bonds is 0. The molecule has 9 atom stereocenters. The Balaban J connectivity index is 0.00000182. The molecule has 0 heterocycles. The molecule has 3 nitrogen and oxygen atoms in total. The van der Waals surface area contributed by atoms with Crippen LogP contribution in [0.5, 0.6) is 0 Å². The summed E-state index contributed by atoms with van der Waals surface area (Å²) < 4.78 is 14.9. The third-order valence-corrected chi connectivity index (χ3v) is 8.11. The standard InChI is InChI=1S/C20H29FO3.CH4/c1-18-6-4-12(22)8-11(18)9-15(23)16-13(18)5-7-19(2)14(16)10-20(3,21)17(19)24;/h4,6,8,11,13-17,22-24H,5,7,9-10H2,1-3H3;1H4/t11-,13+,14+,15+,16-,17-,18+,19+,20-;/m1./s1. The highest BCUT2D eigenvalue weighted by atomic mass is 19.1. The number of halogens is 1. The Kier molecular flexibility index (Phi) is 4.21. The molecule has 4 rings (SSSR count). The van der Waals surface area contributed by atoms with Crippen molar-refractivity contribution in [2.45, 2.75) is 71.8 Å². The van der Waals surface area contributed by atoms with Crippen LogP contribution >= 0.6 is 0 Å². The summed E-state index contributed by atoms with van der Waals surface area (Å²) in [5, 5.41) is 31.4. The number of hydrogen-bond acceptors (Lipinski definition) is 3. The summed E-state index contributed by atoms with van der Waals surface area (Å²) in [6, 6.07) is 0. The Labute approximate surface area is 150 Å². The van der Waals surface area contributed by atoms with E-state index < -0.39 is 23.3 Å². The van der Waals surface area contributed by atoms with Crippen LogP contribution in [0.4, 0.5) is 4.39 Å². The molecular formula is C21H33FO3. The Bertz CT molecular complexity index is 612. The van der Waals surface area contributed by atoms with Crippen LogP contribution in [0, 0.1) is 34.5 Å². The van der Waals surface area contributed by atoms with Gasteiger partial charge in [0.1, 0.15) is 11.4 Å². The predicted molar refractivity (Wildman–Crippen MR) is 96.8 cm³/mol. The van der Waals surface area contributed by atoms with Gasteiger partial charge in [0.15, 0.2) is 0 Å². The molecule has 4 aliphatic rings. The molecule has 0 bridgehead atoms. The number of alkyl halides is 1. The van der Waals surface area contributed by atoms with Crippen LogP contribution < -0.4 is 0 Å². The Morgan fingerprint density at radius 1 is 1.16 bits per heavy atom. The van der Waals surface area contributed by atoms with Crippen molar-refractivity contribution in [1.29, 1.82) is 0 Å². The molecule has 0 aromatic heterocycles. The first-order chi connectivity index (χ1) is 11.1. The third kappa shape index (κ3) is 2.36. The summed E-state index contributed by atoms with van der Waals surface area (Å²) in [5.41, 5.74) is -2.14. The van der Waals surface area contributed by atoms with E-state index in [0.29, 0.717) is 12.8 Å². The van der Waals surface area contributed by atoms with Crippen molar-refractivity contribution in [3.63, 3.8) is 0 Å². The van der Waals surface area contributed by atoms with Crippen molar-refractivity contribution in [3.05, 3.63) is 24.0 Å². The number of aliphatic hydroxyl groups excluding tert-OH is 3. The van der Waals surface area contributed by atoms with E-state index in [1.54, 1.807) is 6.08 Å².